The molecule has 0 radical (unpaired) electrons. The van der Waals surface area contributed by atoms with Crippen LogP contribution in [-0.4, -0.2) is 0 Å². The predicted molar refractivity (Wildman–Crippen MR) is 46.0 cm³/mol. The van der Waals surface area contributed by atoms with Crippen molar-refractivity contribution in [1.29, 1.82) is 0 Å². The third-order valence-corrected chi connectivity index (χ3v) is 1.55. The van der Waals surface area contributed by atoms with Crippen LogP contribution in [0.25, 0.3) is 10.8 Å². The maximum absolute atomic E-state index is 2.12. The van der Waals surface area contributed by atoms with E-state index >= 15 is 0 Å². The van der Waals surface area contributed by atoms with Crippen LogP contribution < -0.4 is 0 Å². The fourth-order valence-corrected chi connectivity index (χ4v) is 1.07. The Morgan fingerprint density at radius 3 is 2.45 bits per heavy atom. The summed E-state index contributed by atoms with van der Waals surface area (Å²) in [6.07, 6.45) is 0. The summed E-state index contributed by atoms with van der Waals surface area (Å²) in [4.78, 5) is 0. The molecule has 1 heteroatoms. The number of benzene rings is 1. The second-order valence-electron chi connectivity index (χ2n) is 2.15. The van der Waals surface area contributed by atoms with Gasteiger partial charge >= 0.3 is 21.7 Å². The van der Waals surface area contributed by atoms with Crippen LogP contribution in [0.3, 0.4) is 0 Å². The summed E-state index contributed by atoms with van der Waals surface area (Å²) in [5.41, 5.74) is 0. The Balaban J connectivity index is 0.000000500. The molecule has 0 saturated carbocycles. The van der Waals surface area contributed by atoms with Crippen molar-refractivity contribution >= 4 is 10.8 Å². The van der Waals surface area contributed by atoms with Crippen molar-refractivity contribution in [2.75, 3.05) is 0 Å². The Hall–Kier alpha value is -0.456. The number of fused-ring (bicyclic) bond motifs is 1. The van der Waals surface area contributed by atoms with E-state index in [1.165, 1.54) is 10.8 Å². The molecule has 2 aromatic rings. The van der Waals surface area contributed by atoms with Gasteiger partial charge in [-0.2, -0.15) is 17.5 Å². The molecule has 0 aliphatic carbocycles. The fourth-order valence-electron chi connectivity index (χ4n) is 1.07. The number of hydrogen-bond donors (Lipinski definition) is 0. The first-order valence-electron chi connectivity index (χ1n) is 3.07. The molecule has 0 unspecified atom stereocenters. The van der Waals surface area contributed by atoms with Crippen molar-refractivity contribution in [3.8, 4) is 0 Å². The summed E-state index contributed by atoms with van der Waals surface area (Å²) in [7, 11) is 0. The van der Waals surface area contributed by atoms with E-state index in [-0.39, 0.29) is 29.1 Å². The van der Waals surface area contributed by atoms with Gasteiger partial charge in [-0.05, 0) is 0 Å². The molecule has 0 saturated heterocycles. The van der Waals surface area contributed by atoms with Crippen molar-refractivity contribution in [1.82, 2.24) is 0 Å². The van der Waals surface area contributed by atoms with Crippen molar-refractivity contribution in [2.45, 2.75) is 0 Å². The topological polar surface area (TPSA) is 0 Å². The zero-order chi connectivity index (χ0) is 6.10. The molecule has 2 aromatic carbocycles. The largest absolute Gasteiger partial charge is 2.00 e. The molecule has 0 nitrogen and oxygen atoms in total. The molecule has 0 N–H and O–H groups in total. The molecule has 0 aliphatic rings. The summed E-state index contributed by atoms with van der Waals surface area (Å²) in [6.45, 7) is 0. The van der Waals surface area contributed by atoms with Gasteiger partial charge in [-0.25, -0.2) is 0 Å². The maximum Gasteiger partial charge on any atom is 2.00 e. The molecule has 0 spiro atoms. The second kappa shape index (κ2) is 4.43. The van der Waals surface area contributed by atoms with E-state index in [0.717, 1.165) is 0 Å². The van der Waals surface area contributed by atoms with Gasteiger partial charge in [0.1, 0.15) is 0 Å². The standard InChI is InChI=1S/C9H7.CH3.Ti/c1-2-5-9-7-3-6-8(9)4-1;;/h1-7H;1H3;/q2*-1;+2. The minimum Gasteiger partial charge on any atom is -0.358 e. The van der Waals surface area contributed by atoms with Crippen molar-refractivity contribution < 1.29 is 21.7 Å². The van der Waals surface area contributed by atoms with Gasteiger partial charge in [0.05, 0.1) is 0 Å². The van der Waals surface area contributed by atoms with Crippen LogP contribution >= 0.6 is 0 Å². The van der Waals surface area contributed by atoms with Crippen LogP contribution in [0.1, 0.15) is 0 Å². The third-order valence-electron chi connectivity index (χ3n) is 1.55. The molecule has 0 heterocycles. The van der Waals surface area contributed by atoms with Crippen molar-refractivity contribution in [3.05, 3.63) is 49.9 Å². The minimum atomic E-state index is 0. The van der Waals surface area contributed by atoms with Gasteiger partial charge in [0.2, 0.25) is 0 Å². The summed E-state index contributed by atoms with van der Waals surface area (Å²) >= 11 is 0. The summed E-state index contributed by atoms with van der Waals surface area (Å²) in [5.74, 6) is 0. The van der Waals surface area contributed by atoms with Gasteiger partial charge in [0, 0.05) is 0 Å². The van der Waals surface area contributed by atoms with Crippen molar-refractivity contribution in [3.63, 3.8) is 0 Å². The van der Waals surface area contributed by atoms with Gasteiger partial charge in [-0.15, -0.1) is 29.7 Å². The molecule has 0 amide bonds. The van der Waals surface area contributed by atoms with Crippen LogP contribution in [0.4, 0.5) is 0 Å². The first kappa shape index (κ1) is 10.5. The van der Waals surface area contributed by atoms with Crippen LogP contribution in [0.2, 0.25) is 0 Å². The summed E-state index contributed by atoms with van der Waals surface area (Å²) in [5, 5.41) is 2.66. The van der Waals surface area contributed by atoms with Crippen LogP contribution in [-0.2, 0) is 21.7 Å². The molecule has 54 valence electrons. The normalized spacial score (nSPS) is 8.36. The molecule has 11 heavy (non-hydrogen) atoms. The molecular formula is C10H10Ti. The first-order chi connectivity index (χ1) is 4.47. The van der Waals surface area contributed by atoms with E-state index in [1.54, 1.807) is 0 Å². The Morgan fingerprint density at radius 1 is 1.00 bits per heavy atom. The minimum absolute atomic E-state index is 0. The van der Waals surface area contributed by atoms with Gasteiger partial charge in [0.25, 0.3) is 0 Å². The molecular weight excluding hydrogens is 168 g/mol. The molecule has 2 rings (SSSR count). The smallest absolute Gasteiger partial charge is 0.358 e. The van der Waals surface area contributed by atoms with Crippen molar-refractivity contribution in [2.24, 2.45) is 0 Å². The molecule has 0 aliphatic heterocycles. The second-order valence-corrected chi connectivity index (χ2v) is 2.15. The quantitative estimate of drug-likeness (QED) is 0.429. The Kier molecular flexibility index (Phi) is 4.24. The molecule has 0 bridgehead atoms. The van der Waals surface area contributed by atoms with Crippen LogP contribution in [0.5, 0.6) is 0 Å². The average molecular weight is 178 g/mol. The van der Waals surface area contributed by atoms with Crippen LogP contribution in [0.15, 0.2) is 42.5 Å². The van der Waals surface area contributed by atoms with Gasteiger partial charge in [0.15, 0.2) is 0 Å². The number of rotatable bonds is 0. The van der Waals surface area contributed by atoms with E-state index in [9.17, 15) is 0 Å². The zero-order valence-corrected chi connectivity index (χ0v) is 8.10. The molecule has 0 fully saturated rings. The van der Waals surface area contributed by atoms with E-state index in [0.29, 0.717) is 0 Å². The van der Waals surface area contributed by atoms with E-state index in [2.05, 4.69) is 42.5 Å². The molecule has 0 aromatic heterocycles. The monoisotopic (exact) mass is 178 g/mol. The summed E-state index contributed by atoms with van der Waals surface area (Å²) in [6, 6.07) is 14.7. The van der Waals surface area contributed by atoms with E-state index in [1.807, 2.05) is 0 Å². The van der Waals surface area contributed by atoms with Gasteiger partial charge in [-0.3, -0.25) is 0 Å². The Bertz CT molecular complexity index is 279. The predicted octanol–water partition coefficient (Wildman–Crippen LogP) is 3.01. The number of hydrogen-bond acceptors (Lipinski definition) is 0. The third kappa shape index (κ3) is 1.98. The van der Waals surface area contributed by atoms with Crippen LogP contribution in [0, 0.1) is 7.43 Å². The maximum atomic E-state index is 2.12. The first-order valence-corrected chi connectivity index (χ1v) is 3.07. The van der Waals surface area contributed by atoms with Gasteiger partial charge in [-0.1, -0.05) is 6.07 Å². The average Bonchev–Trinajstić information content (AvgIpc) is 2.33. The summed E-state index contributed by atoms with van der Waals surface area (Å²) < 4.78 is 0. The SMILES string of the molecule is [CH3-].[Ti+2].c1ccc2[cH-]ccc2c1. The van der Waals surface area contributed by atoms with E-state index in [4.69, 9.17) is 0 Å². The molecule has 0 atom stereocenters. The van der Waals surface area contributed by atoms with E-state index < -0.39 is 0 Å². The Labute approximate surface area is 82.5 Å². The Morgan fingerprint density at radius 2 is 1.73 bits per heavy atom. The fraction of sp³-hybridized carbons (Fsp3) is 0. The zero-order valence-electron chi connectivity index (χ0n) is 6.54. The van der Waals surface area contributed by atoms with Gasteiger partial charge < -0.3 is 7.43 Å².